The van der Waals surface area contributed by atoms with Crippen LogP contribution in [0, 0.1) is 10.8 Å². The Bertz CT molecular complexity index is 234. The van der Waals surface area contributed by atoms with Gasteiger partial charge in [0, 0.05) is 11.8 Å². The first-order valence-electron chi connectivity index (χ1n) is 4.68. The first-order chi connectivity index (χ1) is 5.46. The highest BCUT2D eigenvalue weighted by Gasteiger charge is 2.55. The summed E-state index contributed by atoms with van der Waals surface area (Å²) in [6.45, 7) is 8.37. The fourth-order valence-electron chi connectivity index (χ4n) is 2.37. The van der Waals surface area contributed by atoms with Crippen LogP contribution in [-0.2, 0) is 4.79 Å². The Balaban J connectivity index is 2.26. The topological polar surface area (TPSA) is 17.1 Å². The number of hydrogen-bond donors (Lipinski definition) is 0. The van der Waals surface area contributed by atoms with Crippen molar-refractivity contribution in [3.8, 4) is 0 Å². The van der Waals surface area contributed by atoms with Crippen LogP contribution in [0.2, 0.25) is 0 Å². The molecule has 0 radical (unpaired) electrons. The summed E-state index contributed by atoms with van der Waals surface area (Å²) >= 11 is 0. The van der Waals surface area contributed by atoms with E-state index in [1.54, 1.807) is 0 Å². The second-order valence-electron chi connectivity index (χ2n) is 5.13. The Hall–Kier alpha value is -0.590. The van der Waals surface area contributed by atoms with Crippen LogP contribution in [0.25, 0.3) is 0 Å². The molecule has 0 unspecified atom stereocenters. The average Bonchev–Trinajstić information content (AvgIpc) is 2.59. The molecule has 2 rings (SSSR count). The van der Waals surface area contributed by atoms with Crippen LogP contribution < -0.4 is 0 Å². The normalized spacial score (nSPS) is 30.8. The summed E-state index contributed by atoms with van der Waals surface area (Å²) in [5, 5.41) is 0. The van der Waals surface area contributed by atoms with E-state index >= 15 is 0 Å². The lowest BCUT2D eigenvalue weighted by atomic mass is 9.68. The molecule has 0 heterocycles. The highest BCUT2D eigenvalue weighted by atomic mass is 16.1. The smallest absolute Gasteiger partial charge is 0.143 e. The molecular formula is C11H16O. The minimum Gasteiger partial charge on any atom is -0.299 e. The van der Waals surface area contributed by atoms with Crippen molar-refractivity contribution in [3.63, 3.8) is 0 Å². The Kier molecular flexibility index (Phi) is 1.35. The summed E-state index contributed by atoms with van der Waals surface area (Å²) < 4.78 is 0. The van der Waals surface area contributed by atoms with E-state index in [9.17, 15) is 4.79 Å². The van der Waals surface area contributed by atoms with Gasteiger partial charge in [-0.3, -0.25) is 4.79 Å². The molecule has 2 saturated carbocycles. The van der Waals surface area contributed by atoms with Gasteiger partial charge in [-0.25, -0.2) is 0 Å². The van der Waals surface area contributed by atoms with E-state index in [1.165, 1.54) is 5.57 Å². The third kappa shape index (κ3) is 0.954. The van der Waals surface area contributed by atoms with Crippen LogP contribution in [0.3, 0.4) is 0 Å². The lowest BCUT2D eigenvalue weighted by molar-refractivity contribution is -0.126. The van der Waals surface area contributed by atoms with E-state index in [-0.39, 0.29) is 10.8 Å². The number of hydrogen-bond acceptors (Lipinski definition) is 1. The Morgan fingerprint density at radius 3 is 2.25 bits per heavy atom. The first kappa shape index (κ1) is 8.03. The summed E-state index contributed by atoms with van der Waals surface area (Å²) in [4.78, 5) is 11.7. The van der Waals surface area contributed by atoms with Crippen molar-refractivity contribution in [2.24, 2.45) is 10.8 Å². The minimum absolute atomic E-state index is 0.0322. The van der Waals surface area contributed by atoms with Gasteiger partial charge in [-0.2, -0.15) is 0 Å². The van der Waals surface area contributed by atoms with E-state index in [2.05, 4.69) is 20.4 Å². The van der Waals surface area contributed by atoms with Crippen molar-refractivity contribution < 1.29 is 4.79 Å². The number of Topliss-reactive ketones (excluding diaryl/α,β-unsaturated/α-hetero) is 1. The summed E-state index contributed by atoms with van der Waals surface area (Å²) in [5.74, 6) is 0.448. The molecule has 12 heavy (non-hydrogen) atoms. The van der Waals surface area contributed by atoms with Crippen molar-refractivity contribution in [1.82, 2.24) is 0 Å². The summed E-state index contributed by atoms with van der Waals surface area (Å²) in [6, 6.07) is 0. The van der Waals surface area contributed by atoms with Gasteiger partial charge in [-0.05, 0) is 24.7 Å². The second kappa shape index (κ2) is 2.01. The van der Waals surface area contributed by atoms with Gasteiger partial charge < -0.3 is 0 Å². The number of rotatable bonds is 0. The molecule has 1 heteroatoms. The highest BCUT2D eigenvalue weighted by Crippen LogP contribution is 2.59. The van der Waals surface area contributed by atoms with Crippen molar-refractivity contribution in [2.75, 3.05) is 0 Å². The number of carbonyl (C=O) groups is 1. The number of allylic oxidation sites excluding steroid dienone is 1. The van der Waals surface area contributed by atoms with Crippen molar-refractivity contribution in [1.29, 1.82) is 0 Å². The van der Waals surface area contributed by atoms with Crippen molar-refractivity contribution >= 4 is 5.78 Å². The van der Waals surface area contributed by atoms with Gasteiger partial charge in [0.1, 0.15) is 5.78 Å². The molecule has 0 atom stereocenters. The van der Waals surface area contributed by atoms with E-state index < -0.39 is 0 Å². The molecule has 0 aromatic carbocycles. The number of carbonyl (C=O) groups excluding carboxylic acids is 1. The molecule has 0 amide bonds. The molecule has 0 N–H and O–H groups in total. The predicted molar refractivity (Wildman–Crippen MR) is 48.8 cm³/mol. The highest BCUT2D eigenvalue weighted by molar-refractivity contribution is 5.92. The monoisotopic (exact) mass is 164 g/mol. The van der Waals surface area contributed by atoms with Crippen LogP contribution in [0.4, 0.5) is 0 Å². The molecule has 1 nitrogen and oxygen atoms in total. The van der Waals surface area contributed by atoms with Gasteiger partial charge in [0.2, 0.25) is 0 Å². The molecule has 2 aliphatic rings. The molecule has 1 spiro atoms. The quantitative estimate of drug-likeness (QED) is 0.503. The zero-order valence-corrected chi connectivity index (χ0v) is 7.94. The van der Waals surface area contributed by atoms with Crippen LogP contribution in [0.15, 0.2) is 12.2 Å². The largest absolute Gasteiger partial charge is 0.299 e. The molecule has 66 valence electrons. The lowest BCUT2D eigenvalue weighted by Gasteiger charge is -2.35. The Labute approximate surface area is 73.8 Å². The van der Waals surface area contributed by atoms with Crippen molar-refractivity contribution in [3.05, 3.63) is 12.2 Å². The minimum atomic E-state index is -0.0322. The Morgan fingerprint density at radius 1 is 1.25 bits per heavy atom. The maximum Gasteiger partial charge on any atom is 0.143 e. The molecule has 0 bridgehead atoms. The van der Waals surface area contributed by atoms with Crippen molar-refractivity contribution in [2.45, 2.75) is 39.5 Å². The van der Waals surface area contributed by atoms with Gasteiger partial charge >= 0.3 is 0 Å². The zero-order chi connectivity index (χ0) is 8.98. The molecule has 0 aliphatic heterocycles. The zero-order valence-electron chi connectivity index (χ0n) is 7.94. The molecule has 0 saturated heterocycles. The van der Waals surface area contributed by atoms with Gasteiger partial charge in [-0.15, -0.1) is 0 Å². The van der Waals surface area contributed by atoms with Crippen LogP contribution in [0.1, 0.15) is 39.5 Å². The lowest BCUT2D eigenvalue weighted by Crippen LogP contribution is -2.32. The summed E-state index contributed by atoms with van der Waals surface area (Å²) in [6.07, 6.45) is 3.94. The standard InChI is InChI=1S/C11H16O/c1-8-6-10(2,3)7-9(12)11(8)4-5-11/h1,4-7H2,2-3H3. The van der Waals surface area contributed by atoms with Crippen LogP contribution in [0.5, 0.6) is 0 Å². The summed E-state index contributed by atoms with van der Waals surface area (Å²) in [5.41, 5.74) is 1.33. The van der Waals surface area contributed by atoms with E-state index in [1.807, 2.05) is 0 Å². The third-order valence-electron chi connectivity index (χ3n) is 3.29. The van der Waals surface area contributed by atoms with Gasteiger partial charge in [0.25, 0.3) is 0 Å². The first-order valence-corrected chi connectivity index (χ1v) is 4.68. The summed E-state index contributed by atoms with van der Waals surface area (Å²) in [7, 11) is 0. The fourth-order valence-corrected chi connectivity index (χ4v) is 2.37. The molecule has 2 aliphatic carbocycles. The van der Waals surface area contributed by atoms with Crippen LogP contribution >= 0.6 is 0 Å². The van der Waals surface area contributed by atoms with E-state index in [0.29, 0.717) is 5.78 Å². The molecular weight excluding hydrogens is 148 g/mol. The molecule has 0 aromatic rings. The SMILES string of the molecule is C=C1CC(C)(C)CC(=O)C12CC2. The van der Waals surface area contributed by atoms with E-state index in [0.717, 1.165) is 25.7 Å². The fraction of sp³-hybridized carbons (Fsp3) is 0.727. The molecule has 0 aromatic heterocycles. The van der Waals surface area contributed by atoms with Crippen LogP contribution in [-0.4, -0.2) is 5.78 Å². The van der Waals surface area contributed by atoms with Gasteiger partial charge in [0.05, 0.1) is 0 Å². The van der Waals surface area contributed by atoms with E-state index in [4.69, 9.17) is 0 Å². The van der Waals surface area contributed by atoms with Gasteiger partial charge in [-0.1, -0.05) is 26.0 Å². The molecule has 2 fully saturated rings. The average molecular weight is 164 g/mol. The van der Waals surface area contributed by atoms with Gasteiger partial charge in [0.15, 0.2) is 0 Å². The number of ketones is 1. The Morgan fingerprint density at radius 2 is 1.83 bits per heavy atom. The maximum absolute atomic E-state index is 11.7. The third-order valence-corrected chi connectivity index (χ3v) is 3.29. The maximum atomic E-state index is 11.7. The predicted octanol–water partition coefficient (Wildman–Crippen LogP) is 2.71. The second-order valence-corrected chi connectivity index (χ2v) is 5.13.